The maximum absolute atomic E-state index is 11.3. The van der Waals surface area contributed by atoms with Gasteiger partial charge in [0.2, 0.25) is 0 Å². The van der Waals surface area contributed by atoms with Gasteiger partial charge in [0.25, 0.3) is 14.2 Å². The van der Waals surface area contributed by atoms with E-state index in [0.29, 0.717) is 5.82 Å². The monoisotopic (exact) mass is 461 g/mol. The van der Waals surface area contributed by atoms with E-state index in [0.717, 1.165) is 13.6 Å². The van der Waals surface area contributed by atoms with E-state index in [9.17, 15) is 8.42 Å². The van der Waals surface area contributed by atoms with E-state index in [-0.39, 0.29) is 5.16 Å². The van der Waals surface area contributed by atoms with Crippen molar-refractivity contribution < 1.29 is 8.42 Å². The van der Waals surface area contributed by atoms with Crippen molar-refractivity contribution in [1.29, 1.82) is 0 Å². The van der Waals surface area contributed by atoms with E-state index in [2.05, 4.69) is 48.7 Å². The number of hydrogen-bond acceptors (Lipinski definition) is 4. The first-order chi connectivity index (χ1) is 8.30. The van der Waals surface area contributed by atoms with Crippen molar-refractivity contribution in [2.45, 2.75) is 5.16 Å². The summed E-state index contributed by atoms with van der Waals surface area (Å²) in [4.78, 5) is 0. The van der Waals surface area contributed by atoms with Crippen molar-refractivity contribution in [3.8, 4) is 11.4 Å². The zero-order valence-corrected chi connectivity index (χ0v) is 14.2. The van der Waals surface area contributed by atoms with Gasteiger partial charge < -0.3 is 0 Å². The van der Waals surface area contributed by atoms with Crippen LogP contribution in [0, 0.1) is 3.57 Å². The van der Waals surface area contributed by atoms with Gasteiger partial charge in [-0.15, -0.1) is 10.2 Å². The van der Waals surface area contributed by atoms with Crippen LogP contribution in [0.3, 0.4) is 0 Å². The second kappa shape index (κ2) is 5.06. The van der Waals surface area contributed by atoms with Crippen LogP contribution in [0.4, 0.5) is 0 Å². The molecule has 0 aliphatic rings. The fourth-order valence-electron chi connectivity index (χ4n) is 1.43. The van der Waals surface area contributed by atoms with Crippen LogP contribution in [-0.2, 0) is 16.1 Å². The molecular weight excluding hydrogens is 456 g/mol. The lowest BCUT2D eigenvalue weighted by atomic mass is 10.2. The Morgan fingerprint density at radius 2 is 2.06 bits per heavy atom. The van der Waals surface area contributed by atoms with Crippen LogP contribution in [0.15, 0.2) is 27.8 Å². The van der Waals surface area contributed by atoms with Gasteiger partial charge in [-0.05, 0) is 40.8 Å². The normalized spacial score (nSPS) is 11.8. The smallest absolute Gasteiger partial charge is 0.296 e. The topological polar surface area (TPSA) is 64.8 Å². The number of nitrogens with zero attached hydrogens (tertiary/aromatic N) is 3. The Bertz CT molecular complexity index is 717. The minimum atomic E-state index is -3.90. The summed E-state index contributed by atoms with van der Waals surface area (Å²) in [7, 11) is 2.92. The quantitative estimate of drug-likeness (QED) is 0.509. The second-order valence-electron chi connectivity index (χ2n) is 3.43. The SMILES string of the molecule is Cn1c(-c2cc(I)ccc2Br)nnc1S(=O)(=O)Cl. The fraction of sp³-hybridized carbons (Fsp3) is 0.111. The first-order valence-electron chi connectivity index (χ1n) is 4.60. The minimum absolute atomic E-state index is 0.273. The van der Waals surface area contributed by atoms with Crippen LogP contribution in [0.25, 0.3) is 11.4 Å². The molecule has 0 N–H and O–H groups in total. The third kappa shape index (κ3) is 2.70. The predicted molar refractivity (Wildman–Crippen MR) is 79.9 cm³/mol. The zero-order valence-electron chi connectivity index (χ0n) is 8.93. The van der Waals surface area contributed by atoms with Gasteiger partial charge in [-0.2, -0.15) is 0 Å². The maximum Gasteiger partial charge on any atom is 0.296 e. The summed E-state index contributed by atoms with van der Waals surface area (Å²) in [5.41, 5.74) is 0.753. The van der Waals surface area contributed by atoms with Crippen LogP contribution >= 0.6 is 49.2 Å². The molecule has 0 spiro atoms. The molecule has 0 fully saturated rings. The van der Waals surface area contributed by atoms with E-state index in [1.165, 1.54) is 4.57 Å². The van der Waals surface area contributed by atoms with Crippen molar-refractivity contribution in [3.63, 3.8) is 0 Å². The van der Waals surface area contributed by atoms with Crippen LogP contribution in [-0.4, -0.2) is 23.2 Å². The van der Waals surface area contributed by atoms with Gasteiger partial charge in [0, 0.05) is 31.3 Å². The highest BCUT2D eigenvalue weighted by atomic mass is 127. The minimum Gasteiger partial charge on any atom is -0.300 e. The van der Waals surface area contributed by atoms with E-state index < -0.39 is 9.05 Å². The van der Waals surface area contributed by atoms with E-state index in [4.69, 9.17) is 10.7 Å². The molecule has 2 aromatic rings. The van der Waals surface area contributed by atoms with Gasteiger partial charge >= 0.3 is 0 Å². The lowest BCUT2D eigenvalue weighted by Gasteiger charge is -2.05. The summed E-state index contributed by atoms with van der Waals surface area (Å²) < 4.78 is 25.7. The fourth-order valence-corrected chi connectivity index (χ4v) is 3.30. The van der Waals surface area contributed by atoms with Crippen molar-refractivity contribution in [2.24, 2.45) is 7.05 Å². The standard InChI is InChI=1S/C9H6BrClIN3O2S/c1-15-8(13-14-9(15)18(11,16)17)6-4-5(12)2-3-7(6)10/h2-4H,1H3. The van der Waals surface area contributed by atoms with Gasteiger partial charge in [0.1, 0.15) is 0 Å². The Morgan fingerprint density at radius 1 is 1.39 bits per heavy atom. The number of aromatic nitrogens is 3. The van der Waals surface area contributed by atoms with Crippen molar-refractivity contribution in [1.82, 2.24) is 14.8 Å². The summed E-state index contributed by atoms with van der Waals surface area (Å²) >= 11 is 5.56. The van der Waals surface area contributed by atoms with Crippen molar-refractivity contribution in [2.75, 3.05) is 0 Å². The average molecular weight is 462 g/mol. The van der Waals surface area contributed by atoms with Crippen LogP contribution in [0.1, 0.15) is 0 Å². The first kappa shape index (κ1) is 14.2. The molecule has 0 radical (unpaired) electrons. The highest BCUT2D eigenvalue weighted by Crippen LogP contribution is 2.29. The van der Waals surface area contributed by atoms with Gasteiger partial charge in [-0.1, -0.05) is 15.9 Å². The van der Waals surface area contributed by atoms with Gasteiger partial charge in [0.15, 0.2) is 5.82 Å². The van der Waals surface area contributed by atoms with E-state index in [1.807, 2.05) is 18.2 Å². The van der Waals surface area contributed by atoms with Gasteiger partial charge in [-0.25, -0.2) is 8.42 Å². The van der Waals surface area contributed by atoms with Gasteiger partial charge in [-0.3, -0.25) is 4.57 Å². The molecular formula is C9H6BrClIN3O2S. The molecule has 0 bridgehead atoms. The molecule has 0 amide bonds. The Kier molecular flexibility index (Phi) is 4.00. The third-order valence-corrected chi connectivity index (χ3v) is 4.79. The van der Waals surface area contributed by atoms with Crippen LogP contribution < -0.4 is 0 Å². The summed E-state index contributed by atoms with van der Waals surface area (Å²) in [6, 6.07) is 5.66. The Labute approximate surface area is 130 Å². The molecule has 0 unspecified atom stereocenters. The molecule has 2 rings (SSSR count). The largest absolute Gasteiger partial charge is 0.300 e. The highest BCUT2D eigenvalue weighted by molar-refractivity contribution is 14.1. The highest BCUT2D eigenvalue weighted by Gasteiger charge is 2.22. The summed E-state index contributed by atoms with van der Waals surface area (Å²) in [6.07, 6.45) is 0. The molecule has 0 atom stereocenters. The maximum atomic E-state index is 11.3. The molecule has 1 aromatic carbocycles. The Balaban J connectivity index is 2.67. The number of benzene rings is 1. The molecule has 9 heteroatoms. The molecule has 5 nitrogen and oxygen atoms in total. The number of halogens is 3. The lowest BCUT2D eigenvalue weighted by molar-refractivity contribution is 0.593. The predicted octanol–water partition coefficient (Wildman–Crippen LogP) is 2.78. The van der Waals surface area contributed by atoms with E-state index in [1.54, 1.807) is 7.05 Å². The molecule has 0 saturated heterocycles. The van der Waals surface area contributed by atoms with Crippen molar-refractivity contribution >= 4 is 58.3 Å². The average Bonchev–Trinajstić information content (AvgIpc) is 2.63. The van der Waals surface area contributed by atoms with Crippen LogP contribution in [0.5, 0.6) is 0 Å². The first-order valence-corrected chi connectivity index (χ1v) is 8.78. The summed E-state index contributed by atoms with van der Waals surface area (Å²) in [5.74, 6) is 0.430. The molecule has 1 aromatic heterocycles. The number of rotatable bonds is 2. The molecule has 0 aliphatic carbocycles. The van der Waals surface area contributed by atoms with Gasteiger partial charge in [0.05, 0.1) is 0 Å². The second-order valence-corrected chi connectivity index (χ2v) is 7.99. The zero-order chi connectivity index (χ0) is 13.5. The van der Waals surface area contributed by atoms with Crippen LogP contribution in [0.2, 0.25) is 0 Å². The Hall–Kier alpha value is -0.190. The molecule has 18 heavy (non-hydrogen) atoms. The van der Waals surface area contributed by atoms with E-state index >= 15 is 0 Å². The molecule has 0 aliphatic heterocycles. The summed E-state index contributed by atoms with van der Waals surface area (Å²) in [6.45, 7) is 0. The summed E-state index contributed by atoms with van der Waals surface area (Å²) in [5, 5.41) is 7.20. The number of hydrogen-bond donors (Lipinski definition) is 0. The molecule has 0 saturated carbocycles. The lowest BCUT2D eigenvalue weighted by Crippen LogP contribution is -2.03. The van der Waals surface area contributed by atoms with Crippen molar-refractivity contribution in [3.05, 3.63) is 26.2 Å². The third-order valence-electron chi connectivity index (χ3n) is 2.22. The Morgan fingerprint density at radius 3 is 2.61 bits per heavy atom. The molecule has 96 valence electrons. The molecule has 1 heterocycles.